The first-order chi connectivity index (χ1) is 9.63. The minimum Gasteiger partial charge on any atom is -0.346 e. The van der Waals surface area contributed by atoms with E-state index in [0.29, 0.717) is 0 Å². The van der Waals surface area contributed by atoms with Crippen LogP contribution in [0.15, 0.2) is 0 Å². The van der Waals surface area contributed by atoms with Crippen LogP contribution in [0.3, 0.4) is 0 Å². The molecule has 2 aliphatic rings. The van der Waals surface area contributed by atoms with Gasteiger partial charge in [0.1, 0.15) is 5.82 Å². The minimum atomic E-state index is -0.155. The maximum atomic E-state index is 12.1. The molecule has 1 aromatic heterocycles. The van der Waals surface area contributed by atoms with Crippen molar-refractivity contribution in [3.8, 4) is 0 Å². The summed E-state index contributed by atoms with van der Waals surface area (Å²) >= 11 is 0. The first kappa shape index (κ1) is 13.5. The summed E-state index contributed by atoms with van der Waals surface area (Å²) in [7, 11) is 0. The summed E-state index contributed by atoms with van der Waals surface area (Å²) in [5.74, 6) is 1.13. The third-order valence-electron chi connectivity index (χ3n) is 4.18. The van der Waals surface area contributed by atoms with E-state index in [-0.39, 0.29) is 23.7 Å². The van der Waals surface area contributed by atoms with Gasteiger partial charge in [0.15, 0.2) is 0 Å². The van der Waals surface area contributed by atoms with E-state index in [1.165, 1.54) is 12.8 Å². The second kappa shape index (κ2) is 5.52. The number of likely N-dealkylation sites (tertiary alicyclic amines) is 1. The maximum Gasteiger partial charge on any atom is 0.291 e. The molecule has 0 aromatic carbocycles. The molecule has 1 aliphatic carbocycles. The molecule has 0 unspecified atom stereocenters. The molecule has 1 amide bonds. The smallest absolute Gasteiger partial charge is 0.291 e. The zero-order chi connectivity index (χ0) is 14.1. The number of nitrogens with one attached hydrogen (secondary N) is 2. The molecule has 110 valence electrons. The van der Waals surface area contributed by atoms with E-state index in [0.717, 1.165) is 37.8 Å². The number of hydrogen-bond donors (Lipinski definition) is 2. The Morgan fingerprint density at radius 2 is 2.00 bits per heavy atom. The number of nitrogens with zero attached hydrogens (tertiary/aromatic N) is 3. The number of rotatable bonds is 4. The highest BCUT2D eigenvalue weighted by molar-refractivity contribution is 5.90. The Balaban J connectivity index is 1.50. The van der Waals surface area contributed by atoms with Gasteiger partial charge in [0.25, 0.3) is 5.91 Å². The third-order valence-corrected chi connectivity index (χ3v) is 4.18. The number of carbonyl (C=O) groups is 1. The molecule has 0 bridgehead atoms. The van der Waals surface area contributed by atoms with E-state index in [1.54, 1.807) is 0 Å². The third kappa shape index (κ3) is 3.00. The molecule has 0 atom stereocenters. The summed E-state index contributed by atoms with van der Waals surface area (Å²) in [5, 5.41) is 9.88. The van der Waals surface area contributed by atoms with Crippen LogP contribution in [0.25, 0.3) is 0 Å². The second-order valence-corrected chi connectivity index (χ2v) is 6.21. The van der Waals surface area contributed by atoms with Crippen molar-refractivity contribution < 1.29 is 4.79 Å². The lowest BCUT2D eigenvalue weighted by molar-refractivity contribution is 0.0899. The standard InChI is InChI=1S/C14H23N5O/c1-9(2)12-16-13(18-17-12)14(20)15-10-5-7-19(8-6-10)11-3-4-11/h9-11H,3-8H2,1-2H3,(H,15,20)(H,16,17,18). The van der Waals surface area contributed by atoms with Crippen LogP contribution in [-0.4, -0.2) is 51.2 Å². The van der Waals surface area contributed by atoms with Crippen molar-refractivity contribution in [2.75, 3.05) is 13.1 Å². The molecular formula is C14H23N5O. The lowest BCUT2D eigenvalue weighted by Crippen LogP contribution is -2.45. The number of aromatic amines is 1. The van der Waals surface area contributed by atoms with Gasteiger partial charge in [-0.15, -0.1) is 5.10 Å². The van der Waals surface area contributed by atoms with Gasteiger partial charge in [-0.1, -0.05) is 13.8 Å². The number of carbonyl (C=O) groups excluding carboxylic acids is 1. The Labute approximate surface area is 119 Å². The summed E-state index contributed by atoms with van der Waals surface area (Å²) in [6, 6.07) is 1.09. The fraction of sp³-hybridized carbons (Fsp3) is 0.786. The van der Waals surface area contributed by atoms with Gasteiger partial charge in [-0.25, -0.2) is 4.98 Å². The number of aromatic nitrogens is 3. The highest BCUT2D eigenvalue weighted by atomic mass is 16.2. The van der Waals surface area contributed by atoms with Gasteiger partial charge in [0.05, 0.1) is 0 Å². The van der Waals surface area contributed by atoms with Crippen LogP contribution < -0.4 is 5.32 Å². The topological polar surface area (TPSA) is 73.9 Å². The van der Waals surface area contributed by atoms with Crippen LogP contribution in [0.5, 0.6) is 0 Å². The van der Waals surface area contributed by atoms with Crippen LogP contribution in [-0.2, 0) is 0 Å². The van der Waals surface area contributed by atoms with Gasteiger partial charge in [-0.3, -0.25) is 9.89 Å². The molecule has 1 aromatic rings. The summed E-state index contributed by atoms with van der Waals surface area (Å²) in [6.07, 6.45) is 4.77. The summed E-state index contributed by atoms with van der Waals surface area (Å²) in [6.45, 7) is 6.24. The van der Waals surface area contributed by atoms with Crippen LogP contribution in [0.2, 0.25) is 0 Å². The number of H-pyrrole nitrogens is 1. The first-order valence-electron chi connectivity index (χ1n) is 7.60. The van der Waals surface area contributed by atoms with Crippen molar-refractivity contribution in [2.45, 2.75) is 57.5 Å². The summed E-state index contributed by atoms with van der Waals surface area (Å²) < 4.78 is 0. The largest absolute Gasteiger partial charge is 0.346 e. The van der Waals surface area contributed by atoms with Gasteiger partial charge in [-0.05, 0) is 25.7 Å². The van der Waals surface area contributed by atoms with Crippen molar-refractivity contribution >= 4 is 5.91 Å². The normalized spacial score (nSPS) is 21.4. The van der Waals surface area contributed by atoms with Crippen molar-refractivity contribution in [1.29, 1.82) is 0 Å². The van der Waals surface area contributed by atoms with E-state index < -0.39 is 0 Å². The molecule has 2 heterocycles. The Morgan fingerprint density at radius 3 is 2.55 bits per heavy atom. The fourth-order valence-corrected chi connectivity index (χ4v) is 2.73. The number of hydrogen-bond acceptors (Lipinski definition) is 4. The molecule has 0 spiro atoms. The quantitative estimate of drug-likeness (QED) is 0.869. The predicted octanol–water partition coefficient (Wildman–Crippen LogP) is 1.28. The molecule has 20 heavy (non-hydrogen) atoms. The average Bonchev–Trinajstić information content (AvgIpc) is 3.15. The Hall–Kier alpha value is -1.43. The molecule has 2 fully saturated rings. The first-order valence-corrected chi connectivity index (χ1v) is 7.60. The van der Waals surface area contributed by atoms with E-state index in [2.05, 4.69) is 25.4 Å². The van der Waals surface area contributed by atoms with E-state index in [1.807, 2.05) is 13.8 Å². The second-order valence-electron chi connectivity index (χ2n) is 6.21. The van der Waals surface area contributed by atoms with Crippen molar-refractivity contribution in [3.63, 3.8) is 0 Å². The Morgan fingerprint density at radius 1 is 1.30 bits per heavy atom. The molecule has 1 saturated heterocycles. The molecule has 6 heteroatoms. The van der Waals surface area contributed by atoms with E-state index in [9.17, 15) is 4.79 Å². The van der Waals surface area contributed by atoms with Gasteiger partial charge in [0.2, 0.25) is 5.82 Å². The number of amides is 1. The highest BCUT2D eigenvalue weighted by Crippen LogP contribution is 2.29. The lowest BCUT2D eigenvalue weighted by Gasteiger charge is -2.32. The maximum absolute atomic E-state index is 12.1. The van der Waals surface area contributed by atoms with Gasteiger partial charge < -0.3 is 10.2 Å². The molecule has 1 saturated carbocycles. The molecule has 1 aliphatic heterocycles. The van der Waals surface area contributed by atoms with Crippen LogP contribution in [0.1, 0.15) is 61.9 Å². The molecule has 6 nitrogen and oxygen atoms in total. The van der Waals surface area contributed by atoms with E-state index in [4.69, 9.17) is 0 Å². The van der Waals surface area contributed by atoms with Crippen molar-refractivity contribution in [3.05, 3.63) is 11.6 Å². The molecule has 2 N–H and O–H groups in total. The van der Waals surface area contributed by atoms with Crippen molar-refractivity contribution in [1.82, 2.24) is 25.4 Å². The lowest BCUT2D eigenvalue weighted by atomic mass is 10.0. The molecular weight excluding hydrogens is 254 g/mol. The predicted molar refractivity (Wildman–Crippen MR) is 75.6 cm³/mol. The van der Waals surface area contributed by atoms with Crippen molar-refractivity contribution in [2.24, 2.45) is 0 Å². The van der Waals surface area contributed by atoms with Crippen LogP contribution >= 0.6 is 0 Å². The zero-order valence-electron chi connectivity index (χ0n) is 12.2. The zero-order valence-corrected chi connectivity index (χ0v) is 12.2. The molecule has 0 radical (unpaired) electrons. The minimum absolute atomic E-state index is 0.155. The van der Waals surface area contributed by atoms with E-state index >= 15 is 0 Å². The Bertz CT molecular complexity index is 472. The average molecular weight is 277 g/mol. The summed E-state index contributed by atoms with van der Waals surface area (Å²) in [5.41, 5.74) is 0. The monoisotopic (exact) mass is 277 g/mol. The van der Waals surface area contributed by atoms with Gasteiger partial charge in [0, 0.05) is 31.1 Å². The van der Waals surface area contributed by atoms with Gasteiger partial charge >= 0.3 is 0 Å². The SMILES string of the molecule is CC(C)c1nc(C(=O)NC2CCN(C3CC3)CC2)n[nH]1. The van der Waals surface area contributed by atoms with Gasteiger partial charge in [-0.2, -0.15) is 0 Å². The molecule has 3 rings (SSSR count). The number of piperidine rings is 1. The Kier molecular flexibility index (Phi) is 3.74. The summed E-state index contributed by atoms with van der Waals surface area (Å²) in [4.78, 5) is 18.9. The van der Waals surface area contributed by atoms with Crippen LogP contribution in [0, 0.1) is 0 Å². The highest BCUT2D eigenvalue weighted by Gasteiger charge is 2.32. The fourth-order valence-electron chi connectivity index (χ4n) is 2.73. The van der Waals surface area contributed by atoms with Crippen LogP contribution in [0.4, 0.5) is 0 Å².